The molecule has 20 heavy (non-hydrogen) atoms. The van der Waals surface area contributed by atoms with Crippen molar-refractivity contribution in [2.24, 2.45) is 11.8 Å². The summed E-state index contributed by atoms with van der Waals surface area (Å²) in [4.78, 5) is 11.9. The summed E-state index contributed by atoms with van der Waals surface area (Å²) in [6.45, 7) is 9.63. The molecule has 1 aliphatic rings. The van der Waals surface area contributed by atoms with Gasteiger partial charge in [0.15, 0.2) is 5.79 Å². The van der Waals surface area contributed by atoms with Gasteiger partial charge in [-0.25, -0.2) is 0 Å². The molecular formula is C16H30O4. The lowest BCUT2D eigenvalue weighted by molar-refractivity contribution is -0.288. The first-order valence-electron chi connectivity index (χ1n) is 8.06. The van der Waals surface area contributed by atoms with Gasteiger partial charge in [-0.1, -0.05) is 13.3 Å². The number of rotatable bonds is 8. The van der Waals surface area contributed by atoms with Gasteiger partial charge in [0.1, 0.15) is 0 Å². The summed E-state index contributed by atoms with van der Waals surface area (Å²) in [5.41, 5.74) is 0. The van der Waals surface area contributed by atoms with Crippen molar-refractivity contribution in [3.63, 3.8) is 0 Å². The van der Waals surface area contributed by atoms with Gasteiger partial charge in [-0.05, 0) is 39.5 Å². The molecule has 0 radical (unpaired) electrons. The number of carbonyl (C=O) groups is 1. The van der Waals surface area contributed by atoms with Crippen LogP contribution in [0.15, 0.2) is 0 Å². The van der Waals surface area contributed by atoms with Crippen molar-refractivity contribution in [3.8, 4) is 0 Å². The minimum atomic E-state index is -0.602. The third-order valence-corrected chi connectivity index (χ3v) is 4.23. The van der Waals surface area contributed by atoms with Crippen molar-refractivity contribution in [2.45, 2.75) is 65.6 Å². The van der Waals surface area contributed by atoms with Crippen LogP contribution in [0, 0.1) is 11.8 Å². The molecule has 0 saturated heterocycles. The Morgan fingerprint density at radius 3 is 2.25 bits per heavy atom. The molecule has 0 aliphatic heterocycles. The first kappa shape index (κ1) is 17.4. The van der Waals surface area contributed by atoms with Crippen LogP contribution in [-0.4, -0.2) is 31.6 Å². The van der Waals surface area contributed by atoms with Gasteiger partial charge in [0.05, 0.1) is 13.0 Å². The van der Waals surface area contributed by atoms with Crippen molar-refractivity contribution in [1.29, 1.82) is 0 Å². The zero-order valence-electron chi connectivity index (χ0n) is 13.4. The van der Waals surface area contributed by atoms with Gasteiger partial charge >= 0.3 is 5.97 Å². The molecule has 1 aliphatic carbocycles. The summed E-state index contributed by atoms with van der Waals surface area (Å²) in [6.07, 6.45) is 4.55. The first-order valence-corrected chi connectivity index (χ1v) is 8.06. The van der Waals surface area contributed by atoms with Crippen LogP contribution >= 0.6 is 0 Å². The SMILES string of the molecule is CCOC(=O)C[C@@H]1[C@@H](CC)CCCC1(OCC)OCC. The monoisotopic (exact) mass is 286 g/mol. The molecule has 0 N–H and O–H groups in total. The highest BCUT2D eigenvalue weighted by Crippen LogP contribution is 2.44. The van der Waals surface area contributed by atoms with Gasteiger partial charge in [0.2, 0.25) is 0 Å². The van der Waals surface area contributed by atoms with E-state index in [9.17, 15) is 4.79 Å². The van der Waals surface area contributed by atoms with E-state index in [4.69, 9.17) is 14.2 Å². The fourth-order valence-corrected chi connectivity index (χ4v) is 3.46. The van der Waals surface area contributed by atoms with Crippen LogP contribution in [0.3, 0.4) is 0 Å². The van der Waals surface area contributed by atoms with E-state index in [0.29, 0.717) is 32.2 Å². The lowest BCUT2D eigenvalue weighted by Gasteiger charge is -2.46. The Labute approximate surface area is 123 Å². The molecule has 1 rings (SSSR count). The molecule has 0 heterocycles. The largest absolute Gasteiger partial charge is 0.466 e. The molecule has 4 heteroatoms. The Morgan fingerprint density at radius 2 is 1.75 bits per heavy atom. The maximum absolute atomic E-state index is 11.9. The van der Waals surface area contributed by atoms with Crippen LogP contribution < -0.4 is 0 Å². The summed E-state index contributed by atoms with van der Waals surface area (Å²) >= 11 is 0. The summed E-state index contributed by atoms with van der Waals surface area (Å²) in [5.74, 6) is -0.178. The average Bonchev–Trinajstić information content (AvgIpc) is 2.42. The molecule has 2 atom stereocenters. The number of esters is 1. The van der Waals surface area contributed by atoms with E-state index in [2.05, 4.69) is 6.92 Å². The Hall–Kier alpha value is -0.610. The maximum atomic E-state index is 11.9. The molecule has 4 nitrogen and oxygen atoms in total. The summed E-state index contributed by atoms with van der Waals surface area (Å²) in [6, 6.07) is 0. The first-order chi connectivity index (χ1) is 9.63. The van der Waals surface area contributed by atoms with Crippen LogP contribution in [0.25, 0.3) is 0 Å². The van der Waals surface area contributed by atoms with Crippen LogP contribution in [0.2, 0.25) is 0 Å². The summed E-state index contributed by atoms with van der Waals surface area (Å²) in [7, 11) is 0. The van der Waals surface area contributed by atoms with E-state index in [1.165, 1.54) is 0 Å². The average molecular weight is 286 g/mol. The van der Waals surface area contributed by atoms with Gasteiger partial charge in [-0.15, -0.1) is 0 Å². The van der Waals surface area contributed by atoms with E-state index in [0.717, 1.165) is 25.7 Å². The van der Waals surface area contributed by atoms with Gasteiger partial charge in [0, 0.05) is 25.6 Å². The van der Waals surface area contributed by atoms with E-state index in [1.807, 2.05) is 20.8 Å². The molecule has 118 valence electrons. The molecule has 0 spiro atoms. The van der Waals surface area contributed by atoms with Gasteiger partial charge in [-0.2, -0.15) is 0 Å². The van der Waals surface area contributed by atoms with Crippen LogP contribution in [-0.2, 0) is 19.0 Å². The zero-order chi connectivity index (χ0) is 15.0. The molecule has 0 bridgehead atoms. The Bertz CT molecular complexity index is 279. The lowest BCUT2D eigenvalue weighted by Crippen LogP contribution is -2.50. The van der Waals surface area contributed by atoms with Crippen molar-refractivity contribution < 1.29 is 19.0 Å². The fourth-order valence-electron chi connectivity index (χ4n) is 3.46. The van der Waals surface area contributed by atoms with Gasteiger partial charge < -0.3 is 14.2 Å². The number of carbonyl (C=O) groups excluding carboxylic acids is 1. The van der Waals surface area contributed by atoms with E-state index >= 15 is 0 Å². The highest BCUT2D eigenvalue weighted by atomic mass is 16.7. The molecule has 0 aromatic rings. The number of hydrogen-bond acceptors (Lipinski definition) is 4. The minimum Gasteiger partial charge on any atom is -0.466 e. The predicted molar refractivity (Wildman–Crippen MR) is 78.4 cm³/mol. The summed E-state index contributed by atoms with van der Waals surface area (Å²) in [5, 5.41) is 0. The van der Waals surface area contributed by atoms with Gasteiger partial charge in [0.25, 0.3) is 0 Å². The van der Waals surface area contributed by atoms with Gasteiger partial charge in [-0.3, -0.25) is 4.79 Å². The highest BCUT2D eigenvalue weighted by molar-refractivity contribution is 5.69. The second-order valence-electron chi connectivity index (χ2n) is 5.35. The van der Waals surface area contributed by atoms with Crippen molar-refractivity contribution in [1.82, 2.24) is 0 Å². The quantitative estimate of drug-likeness (QED) is 0.506. The summed E-state index contributed by atoms with van der Waals surface area (Å²) < 4.78 is 17.1. The zero-order valence-corrected chi connectivity index (χ0v) is 13.4. The van der Waals surface area contributed by atoms with Crippen molar-refractivity contribution in [3.05, 3.63) is 0 Å². The Morgan fingerprint density at radius 1 is 1.10 bits per heavy atom. The third-order valence-electron chi connectivity index (χ3n) is 4.23. The maximum Gasteiger partial charge on any atom is 0.306 e. The highest BCUT2D eigenvalue weighted by Gasteiger charge is 2.47. The molecule has 0 amide bonds. The molecule has 0 aromatic carbocycles. The molecule has 0 aromatic heterocycles. The smallest absolute Gasteiger partial charge is 0.306 e. The molecule has 1 fully saturated rings. The van der Waals surface area contributed by atoms with Crippen molar-refractivity contribution in [2.75, 3.05) is 19.8 Å². The fraction of sp³-hybridized carbons (Fsp3) is 0.938. The molecule has 0 unspecified atom stereocenters. The second kappa shape index (κ2) is 8.63. The van der Waals surface area contributed by atoms with E-state index in [-0.39, 0.29) is 11.9 Å². The topological polar surface area (TPSA) is 44.8 Å². The van der Waals surface area contributed by atoms with Crippen LogP contribution in [0.4, 0.5) is 0 Å². The predicted octanol–water partition coefficient (Wildman–Crippen LogP) is 3.54. The number of hydrogen-bond donors (Lipinski definition) is 0. The second-order valence-corrected chi connectivity index (χ2v) is 5.35. The van der Waals surface area contributed by atoms with Crippen LogP contribution in [0.5, 0.6) is 0 Å². The standard InChI is InChI=1S/C16H30O4/c1-5-13-10-9-11-16(19-7-3,20-8-4)14(13)12-15(17)18-6-2/h13-14H,5-12H2,1-4H3/t13-,14+/m0/s1. The van der Waals surface area contributed by atoms with E-state index in [1.54, 1.807) is 0 Å². The third kappa shape index (κ3) is 4.19. The van der Waals surface area contributed by atoms with E-state index < -0.39 is 5.79 Å². The minimum absolute atomic E-state index is 0.0974. The Balaban J connectivity index is 2.92. The normalized spacial score (nSPS) is 25.4. The Kier molecular flexibility index (Phi) is 7.52. The van der Waals surface area contributed by atoms with Crippen LogP contribution in [0.1, 0.15) is 59.8 Å². The molecular weight excluding hydrogens is 256 g/mol. The molecule has 1 saturated carbocycles. The van der Waals surface area contributed by atoms with Crippen molar-refractivity contribution >= 4 is 5.97 Å². The lowest BCUT2D eigenvalue weighted by atomic mass is 9.72. The number of ether oxygens (including phenoxy) is 3.